The summed E-state index contributed by atoms with van der Waals surface area (Å²) in [6, 6.07) is 9.87. The van der Waals surface area contributed by atoms with E-state index >= 15 is 0 Å². The van der Waals surface area contributed by atoms with Crippen LogP contribution in [0.3, 0.4) is 0 Å². The molecule has 27 heavy (non-hydrogen) atoms. The number of amides is 1. The summed E-state index contributed by atoms with van der Waals surface area (Å²) in [7, 11) is 0. The molecule has 1 aromatic carbocycles. The second kappa shape index (κ2) is 8.16. The molecule has 0 spiro atoms. The minimum absolute atomic E-state index is 0.00165. The van der Waals surface area contributed by atoms with Gasteiger partial charge in [0.2, 0.25) is 5.91 Å². The van der Waals surface area contributed by atoms with Crippen LogP contribution >= 0.6 is 0 Å². The molecule has 2 aromatic heterocycles. The van der Waals surface area contributed by atoms with E-state index in [4.69, 9.17) is 0 Å². The Morgan fingerprint density at radius 2 is 2.00 bits per heavy atom. The van der Waals surface area contributed by atoms with Gasteiger partial charge in [-0.05, 0) is 30.5 Å². The van der Waals surface area contributed by atoms with Crippen LogP contribution in [0.1, 0.15) is 36.5 Å². The lowest BCUT2D eigenvalue weighted by atomic mass is 10.2. The third-order valence-corrected chi connectivity index (χ3v) is 4.88. The molecule has 4 rings (SSSR count). The van der Waals surface area contributed by atoms with E-state index in [1.807, 2.05) is 36.5 Å². The number of aromatic nitrogens is 5. The summed E-state index contributed by atoms with van der Waals surface area (Å²) in [5, 5.41) is 15.9. The summed E-state index contributed by atoms with van der Waals surface area (Å²) >= 11 is 0. The molecule has 0 fully saturated rings. The number of fused-ring (bicyclic) bond motifs is 1. The average molecular weight is 364 g/mol. The summed E-state index contributed by atoms with van der Waals surface area (Å²) in [6.07, 6.45) is 9.29. The Hall–Kier alpha value is -2.96. The Morgan fingerprint density at radius 3 is 2.89 bits per heavy atom. The van der Waals surface area contributed by atoms with E-state index < -0.39 is 0 Å². The molecule has 1 amide bonds. The normalized spacial score (nSPS) is 13.8. The van der Waals surface area contributed by atoms with Crippen LogP contribution in [-0.4, -0.2) is 37.0 Å². The number of nitrogens with one attached hydrogen (secondary N) is 1. The number of hydrogen-bond acceptors (Lipinski definition) is 4. The highest BCUT2D eigenvalue weighted by molar-refractivity contribution is 5.78. The number of benzene rings is 1. The fourth-order valence-electron chi connectivity index (χ4n) is 3.47. The van der Waals surface area contributed by atoms with Crippen molar-refractivity contribution in [2.75, 3.05) is 6.54 Å². The van der Waals surface area contributed by atoms with E-state index in [2.05, 4.69) is 25.2 Å². The predicted molar refractivity (Wildman–Crippen MR) is 102 cm³/mol. The molecule has 1 N–H and O–H groups in total. The zero-order valence-corrected chi connectivity index (χ0v) is 15.3. The van der Waals surface area contributed by atoms with Gasteiger partial charge in [0.15, 0.2) is 0 Å². The number of aryl methyl sites for hydroxylation is 1. The summed E-state index contributed by atoms with van der Waals surface area (Å²) in [5.74, 6) is 2.06. The minimum Gasteiger partial charge on any atom is -0.355 e. The third kappa shape index (κ3) is 4.24. The maximum absolute atomic E-state index is 12.2. The molecule has 7 nitrogen and oxygen atoms in total. The van der Waals surface area contributed by atoms with Gasteiger partial charge < -0.3 is 9.88 Å². The lowest BCUT2D eigenvalue weighted by Gasteiger charge is -2.07. The van der Waals surface area contributed by atoms with Crippen LogP contribution < -0.4 is 5.32 Å². The molecule has 0 saturated carbocycles. The van der Waals surface area contributed by atoms with Gasteiger partial charge in [0.1, 0.15) is 11.6 Å². The molecule has 0 unspecified atom stereocenters. The molecular formula is C20H24N6O. The van der Waals surface area contributed by atoms with Crippen LogP contribution in [0.25, 0.3) is 5.69 Å². The molecule has 3 aromatic rings. The van der Waals surface area contributed by atoms with Crippen LogP contribution in [0, 0.1) is 0 Å². The van der Waals surface area contributed by atoms with Gasteiger partial charge in [0.25, 0.3) is 0 Å². The monoisotopic (exact) mass is 364 g/mol. The van der Waals surface area contributed by atoms with E-state index in [0.717, 1.165) is 35.9 Å². The summed E-state index contributed by atoms with van der Waals surface area (Å²) in [4.78, 5) is 12.2. The van der Waals surface area contributed by atoms with Crippen LogP contribution in [0.2, 0.25) is 0 Å². The number of hydrogen-bond donors (Lipinski definition) is 1. The molecule has 1 aliphatic rings. The van der Waals surface area contributed by atoms with Crippen molar-refractivity contribution in [2.24, 2.45) is 0 Å². The third-order valence-electron chi connectivity index (χ3n) is 4.88. The minimum atomic E-state index is -0.00165. The predicted octanol–water partition coefficient (Wildman–Crippen LogP) is 2.09. The first-order chi connectivity index (χ1) is 13.3. The number of carbonyl (C=O) groups is 1. The SMILES string of the molecule is O=C(Cc1cnn(-c2ccccc2)c1)NCCc1nnc2n1CCCCC2. The Labute approximate surface area is 158 Å². The number of carbonyl (C=O) groups excluding carboxylic acids is 1. The van der Waals surface area contributed by atoms with Gasteiger partial charge in [-0.3, -0.25) is 4.79 Å². The number of para-hydroxylation sites is 1. The fraction of sp³-hybridized carbons (Fsp3) is 0.400. The lowest BCUT2D eigenvalue weighted by molar-refractivity contribution is -0.120. The second-order valence-electron chi connectivity index (χ2n) is 6.90. The lowest BCUT2D eigenvalue weighted by Crippen LogP contribution is -2.28. The molecule has 0 bridgehead atoms. The Kier molecular flexibility index (Phi) is 5.27. The summed E-state index contributed by atoms with van der Waals surface area (Å²) in [5.41, 5.74) is 1.88. The molecule has 0 saturated heterocycles. The number of nitrogens with zero attached hydrogens (tertiary/aromatic N) is 5. The van der Waals surface area contributed by atoms with E-state index in [1.165, 1.54) is 19.3 Å². The smallest absolute Gasteiger partial charge is 0.224 e. The van der Waals surface area contributed by atoms with Crippen molar-refractivity contribution in [1.29, 1.82) is 0 Å². The quantitative estimate of drug-likeness (QED) is 0.726. The highest BCUT2D eigenvalue weighted by atomic mass is 16.1. The molecule has 0 atom stereocenters. The van der Waals surface area contributed by atoms with Crippen LogP contribution in [-0.2, 0) is 30.6 Å². The molecule has 140 valence electrons. The Balaban J connectivity index is 1.28. The largest absolute Gasteiger partial charge is 0.355 e. The average Bonchev–Trinajstić information content (AvgIpc) is 3.23. The van der Waals surface area contributed by atoms with E-state index in [9.17, 15) is 4.79 Å². The van der Waals surface area contributed by atoms with Gasteiger partial charge in [0, 0.05) is 32.1 Å². The van der Waals surface area contributed by atoms with Gasteiger partial charge in [-0.15, -0.1) is 10.2 Å². The first-order valence-electron chi connectivity index (χ1n) is 9.56. The molecule has 0 radical (unpaired) electrons. The van der Waals surface area contributed by atoms with Crippen molar-refractivity contribution in [3.05, 3.63) is 59.9 Å². The van der Waals surface area contributed by atoms with Gasteiger partial charge in [-0.1, -0.05) is 24.6 Å². The first-order valence-corrected chi connectivity index (χ1v) is 9.56. The zero-order valence-electron chi connectivity index (χ0n) is 15.3. The topological polar surface area (TPSA) is 77.6 Å². The van der Waals surface area contributed by atoms with Gasteiger partial charge in [-0.2, -0.15) is 5.10 Å². The fourth-order valence-corrected chi connectivity index (χ4v) is 3.47. The Morgan fingerprint density at radius 1 is 1.11 bits per heavy atom. The molecule has 7 heteroatoms. The first kappa shape index (κ1) is 17.5. The van der Waals surface area contributed by atoms with Crippen LogP contribution in [0.5, 0.6) is 0 Å². The van der Waals surface area contributed by atoms with Gasteiger partial charge in [-0.25, -0.2) is 4.68 Å². The maximum atomic E-state index is 12.2. The highest BCUT2D eigenvalue weighted by Crippen LogP contribution is 2.14. The van der Waals surface area contributed by atoms with Crippen molar-refractivity contribution >= 4 is 5.91 Å². The standard InChI is InChI=1S/C20H24N6O/c27-20(13-16-14-22-26(15-16)17-7-3-1-4-8-17)21-11-10-19-24-23-18-9-5-2-6-12-25(18)19/h1,3-4,7-8,14-15H,2,5-6,9-13H2,(H,21,27). The maximum Gasteiger partial charge on any atom is 0.224 e. The summed E-state index contributed by atoms with van der Waals surface area (Å²) < 4.78 is 4.01. The zero-order chi connectivity index (χ0) is 18.5. The van der Waals surface area contributed by atoms with Crippen LogP contribution in [0.15, 0.2) is 42.7 Å². The second-order valence-corrected chi connectivity index (χ2v) is 6.90. The van der Waals surface area contributed by atoms with Gasteiger partial charge in [0.05, 0.1) is 18.3 Å². The summed E-state index contributed by atoms with van der Waals surface area (Å²) in [6.45, 7) is 1.56. The van der Waals surface area contributed by atoms with Crippen molar-refractivity contribution < 1.29 is 4.79 Å². The van der Waals surface area contributed by atoms with Gasteiger partial charge >= 0.3 is 0 Å². The van der Waals surface area contributed by atoms with Crippen LogP contribution in [0.4, 0.5) is 0 Å². The highest BCUT2D eigenvalue weighted by Gasteiger charge is 2.14. The van der Waals surface area contributed by atoms with Crippen molar-refractivity contribution in [1.82, 2.24) is 29.9 Å². The van der Waals surface area contributed by atoms with E-state index in [1.54, 1.807) is 10.9 Å². The van der Waals surface area contributed by atoms with Crippen molar-refractivity contribution in [2.45, 2.75) is 45.1 Å². The van der Waals surface area contributed by atoms with E-state index in [-0.39, 0.29) is 5.91 Å². The molecule has 0 aliphatic carbocycles. The Bertz CT molecular complexity index is 898. The van der Waals surface area contributed by atoms with E-state index in [0.29, 0.717) is 19.4 Å². The molecule has 3 heterocycles. The molecule has 1 aliphatic heterocycles. The van der Waals surface area contributed by atoms with Crippen molar-refractivity contribution in [3.63, 3.8) is 0 Å². The van der Waals surface area contributed by atoms with Crippen molar-refractivity contribution in [3.8, 4) is 5.69 Å². The molecular weight excluding hydrogens is 340 g/mol. The number of rotatable bonds is 6.